The topological polar surface area (TPSA) is 116 Å². The van der Waals surface area contributed by atoms with Crippen molar-refractivity contribution in [3.8, 4) is 0 Å². The minimum absolute atomic E-state index is 0.0995. The Bertz CT molecular complexity index is 994. The van der Waals surface area contributed by atoms with E-state index in [1.165, 1.54) is 13.3 Å². The quantitative estimate of drug-likeness (QED) is 0.466. The normalized spacial score (nSPS) is 19.9. The Morgan fingerprint density at radius 1 is 1.14 bits per heavy atom. The second kappa shape index (κ2) is 13.0. The Morgan fingerprint density at radius 3 is 2.72 bits per heavy atom. The number of aryl methyl sites for hydroxylation is 1. The smallest absolute Gasteiger partial charge is 0.227 e. The summed E-state index contributed by atoms with van der Waals surface area (Å²) in [5.74, 6) is 0.689. The first-order valence-corrected chi connectivity index (χ1v) is 13.2. The van der Waals surface area contributed by atoms with Gasteiger partial charge in [-0.2, -0.15) is 4.98 Å². The molecule has 1 atom stereocenters. The van der Waals surface area contributed by atoms with Crippen molar-refractivity contribution in [3.63, 3.8) is 0 Å². The van der Waals surface area contributed by atoms with E-state index in [-0.39, 0.29) is 24.3 Å². The maximum atomic E-state index is 12.6. The zero-order valence-corrected chi connectivity index (χ0v) is 21.2. The van der Waals surface area contributed by atoms with Crippen LogP contribution in [0.4, 0.5) is 5.69 Å². The van der Waals surface area contributed by atoms with E-state index in [0.29, 0.717) is 31.3 Å². The van der Waals surface area contributed by atoms with Crippen molar-refractivity contribution >= 4 is 17.5 Å². The van der Waals surface area contributed by atoms with Gasteiger partial charge in [0.15, 0.2) is 5.82 Å². The highest BCUT2D eigenvalue weighted by atomic mass is 16.5. The lowest BCUT2D eigenvalue weighted by molar-refractivity contribution is -0.121. The number of amides is 2. The van der Waals surface area contributed by atoms with Gasteiger partial charge in [0.25, 0.3) is 0 Å². The molecule has 1 aromatic carbocycles. The first-order chi connectivity index (χ1) is 17.5. The van der Waals surface area contributed by atoms with Gasteiger partial charge in [0.05, 0.1) is 19.3 Å². The Labute approximate surface area is 212 Å². The summed E-state index contributed by atoms with van der Waals surface area (Å²) in [5.41, 5.74) is 1.14. The van der Waals surface area contributed by atoms with Crippen molar-refractivity contribution in [2.24, 2.45) is 0 Å². The average Bonchev–Trinajstić information content (AvgIpc) is 3.23. The molecule has 196 valence electrons. The lowest BCUT2D eigenvalue weighted by Gasteiger charge is -2.30. The Hall–Kier alpha value is -2.78. The van der Waals surface area contributed by atoms with Crippen LogP contribution in [0, 0.1) is 0 Å². The van der Waals surface area contributed by atoms with Crippen LogP contribution < -0.4 is 10.6 Å². The molecule has 0 radical (unpaired) electrons. The zero-order valence-electron chi connectivity index (χ0n) is 21.2. The van der Waals surface area contributed by atoms with Gasteiger partial charge < -0.3 is 24.6 Å². The van der Waals surface area contributed by atoms with Gasteiger partial charge in [0.1, 0.15) is 5.54 Å². The molecule has 1 saturated carbocycles. The molecule has 0 bridgehead atoms. The Balaban J connectivity index is 1.26. The van der Waals surface area contributed by atoms with Crippen molar-refractivity contribution in [3.05, 3.63) is 41.5 Å². The monoisotopic (exact) mass is 498 g/mol. The van der Waals surface area contributed by atoms with Gasteiger partial charge in [0, 0.05) is 32.1 Å². The molecule has 2 N–H and O–H groups in total. The lowest BCUT2D eigenvalue weighted by atomic mass is 9.89. The summed E-state index contributed by atoms with van der Waals surface area (Å²) in [5, 5.41) is 10.2. The number of aromatic nitrogens is 2. The number of nitrogens with one attached hydrogen (secondary N) is 2. The van der Waals surface area contributed by atoms with Crippen LogP contribution in [-0.2, 0) is 37.6 Å². The van der Waals surface area contributed by atoms with Gasteiger partial charge >= 0.3 is 0 Å². The summed E-state index contributed by atoms with van der Waals surface area (Å²) in [6.45, 7) is 3.40. The largest absolute Gasteiger partial charge is 0.376 e. The van der Waals surface area contributed by atoms with E-state index in [1.54, 1.807) is 0 Å². The molecule has 2 fully saturated rings. The summed E-state index contributed by atoms with van der Waals surface area (Å²) in [4.78, 5) is 29.0. The van der Waals surface area contributed by atoms with Crippen molar-refractivity contribution in [2.75, 3.05) is 18.5 Å². The minimum atomic E-state index is -0.585. The number of benzene rings is 1. The first-order valence-electron chi connectivity index (χ1n) is 13.2. The van der Waals surface area contributed by atoms with E-state index in [1.807, 2.05) is 24.3 Å². The molecule has 1 unspecified atom stereocenters. The third-order valence-electron chi connectivity index (χ3n) is 6.89. The van der Waals surface area contributed by atoms with E-state index in [0.717, 1.165) is 69.2 Å². The van der Waals surface area contributed by atoms with Crippen molar-refractivity contribution in [1.82, 2.24) is 15.5 Å². The van der Waals surface area contributed by atoms with E-state index in [9.17, 15) is 9.59 Å². The number of rotatable bonds is 10. The molecule has 2 heterocycles. The maximum Gasteiger partial charge on any atom is 0.227 e. The van der Waals surface area contributed by atoms with E-state index in [4.69, 9.17) is 14.0 Å². The number of carbonyl (C=O) groups excluding carboxylic acids is 2. The van der Waals surface area contributed by atoms with Crippen LogP contribution in [0.25, 0.3) is 0 Å². The van der Waals surface area contributed by atoms with E-state index in [2.05, 4.69) is 20.8 Å². The molecule has 36 heavy (non-hydrogen) atoms. The zero-order chi connectivity index (χ0) is 25.2. The molecule has 9 nitrogen and oxygen atoms in total. The predicted molar refractivity (Wildman–Crippen MR) is 134 cm³/mol. The summed E-state index contributed by atoms with van der Waals surface area (Å²) in [6, 6.07) is 7.67. The highest BCUT2D eigenvalue weighted by Crippen LogP contribution is 2.34. The van der Waals surface area contributed by atoms with Gasteiger partial charge in [-0.3, -0.25) is 9.59 Å². The van der Waals surface area contributed by atoms with Crippen LogP contribution >= 0.6 is 0 Å². The van der Waals surface area contributed by atoms with Crippen molar-refractivity contribution in [2.45, 2.75) is 95.8 Å². The number of ether oxygens (including phenoxy) is 2. The van der Waals surface area contributed by atoms with Gasteiger partial charge in [-0.15, -0.1) is 0 Å². The molecule has 2 aromatic rings. The van der Waals surface area contributed by atoms with Crippen LogP contribution in [0.5, 0.6) is 0 Å². The summed E-state index contributed by atoms with van der Waals surface area (Å²) >= 11 is 0. The predicted octanol–water partition coefficient (Wildman–Crippen LogP) is 4.41. The van der Waals surface area contributed by atoms with Crippen molar-refractivity contribution in [1.29, 1.82) is 0 Å². The minimum Gasteiger partial charge on any atom is -0.376 e. The van der Waals surface area contributed by atoms with E-state index < -0.39 is 5.54 Å². The molecule has 1 saturated heterocycles. The Morgan fingerprint density at radius 2 is 1.97 bits per heavy atom. The molecule has 2 aliphatic rings. The summed E-state index contributed by atoms with van der Waals surface area (Å²) in [7, 11) is 0. The third kappa shape index (κ3) is 7.61. The fourth-order valence-corrected chi connectivity index (χ4v) is 5.05. The van der Waals surface area contributed by atoms with Gasteiger partial charge in [-0.05, 0) is 49.8 Å². The van der Waals surface area contributed by atoms with Crippen LogP contribution in [0.3, 0.4) is 0 Å². The summed E-state index contributed by atoms with van der Waals surface area (Å²) in [6.07, 6.45) is 9.96. The van der Waals surface area contributed by atoms with Crippen LogP contribution in [0.15, 0.2) is 28.8 Å². The van der Waals surface area contributed by atoms with Gasteiger partial charge in [-0.1, -0.05) is 43.0 Å². The molecule has 1 aliphatic carbocycles. The number of hydrogen-bond donors (Lipinski definition) is 2. The van der Waals surface area contributed by atoms with Gasteiger partial charge in [0.2, 0.25) is 17.7 Å². The standard InChI is InChI=1S/C27H38N4O5/c1-20(32)30-27(14-5-2-3-6-15-27)26-29-25(36-31-26)13-12-24(33)28-22-10-8-9-21(17-22)18-34-19-23-11-4-7-16-35-23/h8-10,17,23H,2-7,11-16,18-19H2,1H3,(H,28,33)(H,30,32). The second-order valence-electron chi connectivity index (χ2n) is 9.94. The molecule has 4 rings (SSSR count). The van der Waals surface area contributed by atoms with Crippen LogP contribution in [0.1, 0.15) is 88.4 Å². The number of carbonyl (C=O) groups is 2. The lowest BCUT2D eigenvalue weighted by Crippen LogP contribution is -2.45. The average molecular weight is 499 g/mol. The second-order valence-corrected chi connectivity index (χ2v) is 9.94. The molecular weight excluding hydrogens is 460 g/mol. The molecular formula is C27H38N4O5. The Kier molecular flexibility index (Phi) is 9.47. The van der Waals surface area contributed by atoms with Crippen LogP contribution in [0.2, 0.25) is 0 Å². The third-order valence-corrected chi connectivity index (χ3v) is 6.89. The first kappa shape index (κ1) is 26.3. The van der Waals surface area contributed by atoms with Crippen molar-refractivity contribution < 1.29 is 23.6 Å². The molecule has 2 amide bonds. The fourth-order valence-electron chi connectivity index (χ4n) is 5.05. The van der Waals surface area contributed by atoms with Crippen LogP contribution in [-0.4, -0.2) is 41.3 Å². The van der Waals surface area contributed by atoms with E-state index >= 15 is 0 Å². The number of anilines is 1. The SMILES string of the molecule is CC(=O)NC1(c2noc(CCC(=O)Nc3cccc(COCC4CCCCO4)c3)n2)CCCCCC1. The fraction of sp³-hybridized carbons (Fsp3) is 0.630. The number of hydrogen-bond acceptors (Lipinski definition) is 7. The van der Waals surface area contributed by atoms with Gasteiger partial charge in [-0.25, -0.2) is 0 Å². The summed E-state index contributed by atoms with van der Waals surface area (Å²) < 4.78 is 17.0. The number of nitrogens with zero attached hydrogens (tertiary/aromatic N) is 2. The molecule has 9 heteroatoms. The highest BCUT2D eigenvalue weighted by molar-refractivity contribution is 5.90. The molecule has 0 spiro atoms. The molecule has 1 aliphatic heterocycles. The molecule has 1 aromatic heterocycles. The maximum absolute atomic E-state index is 12.6. The highest BCUT2D eigenvalue weighted by Gasteiger charge is 2.38.